The lowest BCUT2D eigenvalue weighted by atomic mass is 10.1. The molecule has 1 aromatic carbocycles. The molecule has 126 valence electrons. The highest BCUT2D eigenvalue weighted by atomic mass is 28.4. The Balaban J connectivity index is 3.42. The van der Waals surface area contributed by atoms with Crippen LogP contribution in [0.3, 0.4) is 0 Å². The fraction of sp³-hybridized carbons (Fsp3) is 0.429. The summed E-state index contributed by atoms with van der Waals surface area (Å²) in [5.74, 6) is -1.60. The molecule has 0 fully saturated rings. The summed E-state index contributed by atoms with van der Waals surface area (Å²) in [4.78, 5) is 35.2. The summed E-state index contributed by atoms with van der Waals surface area (Å²) >= 11 is 0. The molecule has 0 spiro atoms. The Morgan fingerprint density at radius 3 is 1.87 bits per heavy atom. The van der Waals surface area contributed by atoms with Crippen molar-refractivity contribution >= 4 is 34.3 Å². The van der Waals surface area contributed by atoms with Crippen LogP contribution in [-0.2, 0) is 8.85 Å². The summed E-state index contributed by atoms with van der Waals surface area (Å²) in [7, 11) is -4.50. The predicted molar refractivity (Wildman–Crippen MR) is 90.6 cm³/mol. The molecular formula is C14H21NO6Si2. The molecule has 0 radical (unpaired) electrons. The molecule has 9 heteroatoms. The number of rotatable bonds is 5. The van der Waals surface area contributed by atoms with Gasteiger partial charge in [-0.25, -0.2) is 9.59 Å². The molecule has 0 aliphatic rings. The highest BCUT2D eigenvalue weighted by molar-refractivity contribution is 6.72. The van der Waals surface area contributed by atoms with Crippen molar-refractivity contribution in [1.82, 2.24) is 0 Å². The number of hydrogen-bond donors (Lipinski definition) is 0. The van der Waals surface area contributed by atoms with Gasteiger partial charge in [0.2, 0.25) is 16.6 Å². The zero-order valence-corrected chi connectivity index (χ0v) is 16.1. The molecule has 0 amide bonds. The van der Waals surface area contributed by atoms with Gasteiger partial charge in [0.15, 0.2) is 5.56 Å². The molecule has 0 heterocycles. The molecule has 0 saturated carbocycles. The van der Waals surface area contributed by atoms with Gasteiger partial charge >= 0.3 is 11.9 Å². The monoisotopic (exact) mass is 355 g/mol. The average molecular weight is 355 g/mol. The van der Waals surface area contributed by atoms with E-state index in [1.54, 1.807) is 19.6 Å². The van der Waals surface area contributed by atoms with Gasteiger partial charge in [-0.2, -0.15) is 0 Å². The number of nitro benzene ring substituents is 1. The van der Waals surface area contributed by atoms with E-state index in [0.717, 1.165) is 0 Å². The topological polar surface area (TPSA) is 95.7 Å². The molecule has 0 bridgehead atoms. The van der Waals surface area contributed by atoms with E-state index in [2.05, 4.69) is 0 Å². The molecule has 1 rings (SSSR count). The van der Waals surface area contributed by atoms with Crippen molar-refractivity contribution in [1.29, 1.82) is 0 Å². The van der Waals surface area contributed by atoms with Crippen LogP contribution >= 0.6 is 0 Å². The van der Waals surface area contributed by atoms with Gasteiger partial charge in [-0.3, -0.25) is 10.1 Å². The number of nitrogens with zero attached hydrogens (tertiary/aromatic N) is 1. The van der Waals surface area contributed by atoms with E-state index in [4.69, 9.17) is 8.85 Å². The summed E-state index contributed by atoms with van der Waals surface area (Å²) in [6, 6.07) is 3.87. The van der Waals surface area contributed by atoms with Crippen LogP contribution in [0.15, 0.2) is 18.2 Å². The Morgan fingerprint density at radius 1 is 0.957 bits per heavy atom. The largest absolute Gasteiger partial charge is 0.516 e. The number of hydrogen-bond acceptors (Lipinski definition) is 6. The summed E-state index contributed by atoms with van der Waals surface area (Å²) < 4.78 is 10.7. The summed E-state index contributed by atoms with van der Waals surface area (Å²) in [6.07, 6.45) is 0. The van der Waals surface area contributed by atoms with Gasteiger partial charge in [-0.15, -0.1) is 0 Å². The Labute approximate surface area is 137 Å². The van der Waals surface area contributed by atoms with Crippen LogP contribution in [0.2, 0.25) is 39.3 Å². The second kappa shape index (κ2) is 6.63. The van der Waals surface area contributed by atoms with E-state index in [9.17, 15) is 19.7 Å². The molecule has 7 nitrogen and oxygen atoms in total. The SMILES string of the molecule is C[Si](C)(C)OC(=O)c1cccc([N+](=O)[O-])c1C(=O)O[Si](C)(C)C. The van der Waals surface area contributed by atoms with E-state index in [0.29, 0.717) is 0 Å². The third kappa shape index (κ3) is 5.60. The first-order chi connectivity index (χ1) is 10.3. The average Bonchev–Trinajstić information content (AvgIpc) is 2.33. The lowest BCUT2D eigenvalue weighted by molar-refractivity contribution is -0.385. The minimum atomic E-state index is -2.28. The van der Waals surface area contributed by atoms with Gasteiger partial charge in [0.1, 0.15) is 0 Å². The Morgan fingerprint density at radius 2 is 1.43 bits per heavy atom. The van der Waals surface area contributed by atoms with Gasteiger partial charge in [0.25, 0.3) is 5.69 Å². The maximum Gasteiger partial charge on any atom is 0.332 e. The first-order valence-corrected chi connectivity index (χ1v) is 13.9. The molecule has 0 atom stereocenters. The minimum absolute atomic E-state index is 0.134. The zero-order chi connectivity index (χ0) is 18.0. The second-order valence-electron chi connectivity index (χ2n) is 6.96. The summed E-state index contributed by atoms with van der Waals surface area (Å²) in [6.45, 7) is 10.8. The standard InChI is InChI=1S/C14H21NO6Si2/c1-22(2,3)20-13(16)10-8-7-9-11(15(18)19)12(10)14(17)21-23(4,5)6/h7-9H,1-6H3. The van der Waals surface area contributed by atoms with Crippen LogP contribution in [-0.4, -0.2) is 33.5 Å². The van der Waals surface area contributed by atoms with E-state index in [1.807, 2.05) is 19.6 Å². The van der Waals surface area contributed by atoms with Gasteiger partial charge in [0.05, 0.1) is 10.5 Å². The highest BCUT2D eigenvalue weighted by Gasteiger charge is 2.33. The number of nitro groups is 1. The minimum Gasteiger partial charge on any atom is -0.516 e. The van der Waals surface area contributed by atoms with E-state index in [1.165, 1.54) is 18.2 Å². The Hall–Kier alpha value is -2.01. The molecule has 0 saturated heterocycles. The molecule has 0 aromatic heterocycles. The van der Waals surface area contributed by atoms with E-state index in [-0.39, 0.29) is 11.1 Å². The molecule has 1 aromatic rings. The first kappa shape index (κ1) is 19.0. The molecule has 0 N–H and O–H groups in total. The van der Waals surface area contributed by atoms with Crippen molar-refractivity contribution in [3.8, 4) is 0 Å². The first-order valence-electron chi connectivity index (χ1n) is 7.06. The van der Waals surface area contributed by atoms with Crippen LogP contribution in [0, 0.1) is 10.1 Å². The Kier molecular flexibility index (Phi) is 5.49. The number of carbonyl (C=O) groups excluding carboxylic acids is 2. The molecule has 0 unspecified atom stereocenters. The van der Waals surface area contributed by atoms with Crippen molar-refractivity contribution in [3.63, 3.8) is 0 Å². The lowest BCUT2D eigenvalue weighted by Crippen LogP contribution is -2.32. The van der Waals surface area contributed by atoms with Crippen molar-refractivity contribution < 1.29 is 23.4 Å². The van der Waals surface area contributed by atoms with E-state index >= 15 is 0 Å². The highest BCUT2D eigenvalue weighted by Crippen LogP contribution is 2.26. The van der Waals surface area contributed by atoms with E-state index < -0.39 is 39.2 Å². The Bertz CT molecular complexity index is 646. The maximum atomic E-state index is 12.4. The summed E-state index contributed by atoms with van der Waals surface area (Å²) in [5.41, 5.74) is -0.939. The van der Waals surface area contributed by atoms with Crippen LogP contribution in [0.4, 0.5) is 5.69 Å². The van der Waals surface area contributed by atoms with Crippen LogP contribution in [0.25, 0.3) is 0 Å². The maximum absolute atomic E-state index is 12.4. The van der Waals surface area contributed by atoms with Crippen molar-refractivity contribution in [2.75, 3.05) is 0 Å². The lowest BCUT2D eigenvalue weighted by Gasteiger charge is -2.20. The zero-order valence-electron chi connectivity index (χ0n) is 14.1. The number of benzene rings is 1. The number of carbonyl (C=O) groups is 2. The smallest absolute Gasteiger partial charge is 0.332 e. The van der Waals surface area contributed by atoms with Gasteiger partial charge in [0, 0.05) is 6.07 Å². The normalized spacial score (nSPS) is 11.7. The summed E-state index contributed by atoms with van der Waals surface area (Å²) in [5, 5.41) is 11.2. The fourth-order valence-corrected chi connectivity index (χ4v) is 3.06. The van der Waals surface area contributed by atoms with Gasteiger partial charge < -0.3 is 8.85 Å². The predicted octanol–water partition coefficient (Wildman–Crippen LogP) is 3.58. The van der Waals surface area contributed by atoms with Crippen molar-refractivity contribution in [2.45, 2.75) is 39.3 Å². The third-order valence-electron chi connectivity index (χ3n) is 2.46. The van der Waals surface area contributed by atoms with Crippen molar-refractivity contribution in [3.05, 3.63) is 39.4 Å². The third-order valence-corrected chi connectivity index (χ3v) is 4.06. The second-order valence-corrected chi connectivity index (χ2v) is 15.8. The van der Waals surface area contributed by atoms with Crippen LogP contribution < -0.4 is 0 Å². The molecular weight excluding hydrogens is 334 g/mol. The fourth-order valence-electron chi connectivity index (χ4n) is 1.74. The quantitative estimate of drug-likeness (QED) is 0.455. The van der Waals surface area contributed by atoms with Crippen molar-refractivity contribution in [2.24, 2.45) is 0 Å². The molecule has 0 aliphatic carbocycles. The van der Waals surface area contributed by atoms with Crippen LogP contribution in [0.5, 0.6) is 0 Å². The molecule has 23 heavy (non-hydrogen) atoms. The van der Waals surface area contributed by atoms with Gasteiger partial charge in [-0.05, 0) is 45.3 Å². The molecule has 0 aliphatic heterocycles. The van der Waals surface area contributed by atoms with Crippen LogP contribution in [0.1, 0.15) is 20.7 Å². The van der Waals surface area contributed by atoms with Gasteiger partial charge in [-0.1, -0.05) is 6.07 Å².